The molecule has 0 spiro atoms. The fourth-order valence-corrected chi connectivity index (χ4v) is 7.50. The van der Waals surface area contributed by atoms with E-state index in [2.05, 4.69) is 206 Å². The van der Waals surface area contributed by atoms with Gasteiger partial charge >= 0.3 is 0 Å². The first-order valence-corrected chi connectivity index (χ1v) is 19.1. The molecular formula is C54H40N2. The van der Waals surface area contributed by atoms with Crippen LogP contribution < -0.4 is 0 Å². The van der Waals surface area contributed by atoms with Crippen molar-refractivity contribution in [1.29, 1.82) is 0 Å². The van der Waals surface area contributed by atoms with Gasteiger partial charge in [0.25, 0.3) is 0 Å². The molecule has 2 heterocycles. The van der Waals surface area contributed by atoms with Crippen LogP contribution in [-0.2, 0) is 0 Å². The number of benzene rings is 7. The Bertz CT molecular complexity index is 2520. The van der Waals surface area contributed by atoms with Gasteiger partial charge in [-0.05, 0) is 139 Å². The summed E-state index contributed by atoms with van der Waals surface area (Å²) in [6, 6.07) is 66.5. The van der Waals surface area contributed by atoms with Crippen LogP contribution in [0.25, 0.3) is 89.0 Å². The van der Waals surface area contributed by atoms with Gasteiger partial charge in [0, 0.05) is 24.8 Å². The van der Waals surface area contributed by atoms with Gasteiger partial charge < -0.3 is 0 Å². The lowest BCUT2D eigenvalue weighted by Gasteiger charge is -2.19. The molecule has 0 saturated heterocycles. The Kier molecular flexibility index (Phi) is 9.45. The van der Waals surface area contributed by atoms with Gasteiger partial charge in [-0.1, -0.05) is 157 Å². The van der Waals surface area contributed by atoms with Crippen molar-refractivity contribution in [2.24, 2.45) is 0 Å². The molecule has 0 aliphatic heterocycles. The van der Waals surface area contributed by atoms with E-state index >= 15 is 0 Å². The second-order valence-electron chi connectivity index (χ2n) is 14.5. The molecule has 0 N–H and O–H groups in total. The van der Waals surface area contributed by atoms with Crippen LogP contribution in [0.1, 0.15) is 11.1 Å². The summed E-state index contributed by atoms with van der Waals surface area (Å²) in [4.78, 5) is 8.45. The Morgan fingerprint density at radius 2 is 0.393 bits per heavy atom. The molecule has 56 heavy (non-hydrogen) atoms. The minimum atomic E-state index is 1.15. The van der Waals surface area contributed by atoms with Gasteiger partial charge in [-0.25, -0.2) is 0 Å². The van der Waals surface area contributed by atoms with E-state index in [0.717, 1.165) is 33.4 Å². The van der Waals surface area contributed by atoms with E-state index in [1.165, 1.54) is 66.8 Å². The molecule has 0 atom stereocenters. The molecule has 0 radical (unpaired) electrons. The number of aryl methyl sites for hydroxylation is 2. The van der Waals surface area contributed by atoms with E-state index in [9.17, 15) is 0 Å². The number of pyridine rings is 2. The van der Waals surface area contributed by atoms with E-state index in [-0.39, 0.29) is 0 Å². The second-order valence-corrected chi connectivity index (χ2v) is 14.5. The van der Waals surface area contributed by atoms with Gasteiger partial charge in [0.15, 0.2) is 0 Å². The normalized spacial score (nSPS) is 11.0. The zero-order valence-electron chi connectivity index (χ0n) is 31.5. The second kappa shape index (κ2) is 15.3. The smallest absolute Gasteiger partial charge is 0.0273 e. The van der Waals surface area contributed by atoms with Gasteiger partial charge in [-0.3, -0.25) is 9.97 Å². The van der Waals surface area contributed by atoms with Crippen molar-refractivity contribution < 1.29 is 0 Å². The predicted molar refractivity (Wildman–Crippen MR) is 235 cm³/mol. The molecule has 0 fully saturated rings. The quantitative estimate of drug-likeness (QED) is 0.156. The summed E-state index contributed by atoms with van der Waals surface area (Å²) < 4.78 is 0. The zero-order chi connectivity index (χ0) is 37.8. The topological polar surface area (TPSA) is 25.8 Å². The summed E-state index contributed by atoms with van der Waals surface area (Å²) in [5, 5.41) is 0. The van der Waals surface area contributed by atoms with Crippen LogP contribution in [0, 0.1) is 13.8 Å². The number of hydrogen-bond donors (Lipinski definition) is 0. The predicted octanol–water partition coefficient (Wildman–Crippen LogP) is 14.4. The van der Waals surface area contributed by atoms with Crippen LogP contribution in [0.2, 0.25) is 0 Å². The average Bonchev–Trinajstić information content (AvgIpc) is 3.27. The van der Waals surface area contributed by atoms with Gasteiger partial charge in [-0.2, -0.15) is 0 Å². The van der Waals surface area contributed by atoms with Crippen molar-refractivity contribution in [1.82, 2.24) is 9.97 Å². The minimum absolute atomic E-state index is 1.15. The van der Waals surface area contributed by atoms with Crippen molar-refractivity contribution in [2.45, 2.75) is 13.8 Å². The summed E-state index contributed by atoms with van der Waals surface area (Å²) in [5.41, 5.74) is 21.4. The summed E-state index contributed by atoms with van der Waals surface area (Å²) in [5.74, 6) is 0. The number of aromatic nitrogens is 2. The molecule has 0 unspecified atom stereocenters. The fourth-order valence-electron chi connectivity index (χ4n) is 7.50. The molecule has 0 saturated carbocycles. The van der Waals surface area contributed by atoms with Gasteiger partial charge in [0.2, 0.25) is 0 Å². The standard InChI is InChI=1S/C54H40N2/c1-37-3-7-39(8-4-37)41-11-19-47(20-12-41)51-35-52(48-21-13-42(14-22-48)40-9-5-38(2)6-10-40)54(50-25-17-44(18-26-50)46-29-33-56-34-30-46)36-53(51)49-23-15-43(16-24-49)45-27-31-55-32-28-45/h3-36H,1-2H3. The Morgan fingerprint density at radius 1 is 0.214 bits per heavy atom. The van der Waals surface area contributed by atoms with Gasteiger partial charge in [-0.15, -0.1) is 0 Å². The first-order chi connectivity index (χ1) is 27.6. The lowest BCUT2D eigenvalue weighted by Crippen LogP contribution is -1.93. The Labute approximate surface area is 329 Å². The molecule has 2 aromatic heterocycles. The van der Waals surface area contributed by atoms with Crippen molar-refractivity contribution >= 4 is 0 Å². The van der Waals surface area contributed by atoms with Crippen LogP contribution in [-0.4, -0.2) is 9.97 Å². The molecule has 9 rings (SSSR count). The third kappa shape index (κ3) is 7.21. The molecule has 9 aromatic rings. The van der Waals surface area contributed by atoms with Crippen LogP contribution >= 0.6 is 0 Å². The molecule has 0 bridgehead atoms. The van der Waals surface area contributed by atoms with Crippen LogP contribution in [0.5, 0.6) is 0 Å². The van der Waals surface area contributed by atoms with E-state index < -0.39 is 0 Å². The molecule has 266 valence electrons. The molecule has 2 heteroatoms. The number of hydrogen-bond acceptors (Lipinski definition) is 2. The largest absolute Gasteiger partial charge is 0.265 e. The highest BCUT2D eigenvalue weighted by Gasteiger charge is 2.17. The average molecular weight is 717 g/mol. The highest BCUT2D eigenvalue weighted by molar-refractivity contribution is 5.96. The van der Waals surface area contributed by atoms with Crippen LogP contribution in [0.3, 0.4) is 0 Å². The van der Waals surface area contributed by atoms with Gasteiger partial charge in [0.1, 0.15) is 0 Å². The number of rotatable bonds is 8. The molecular weight excluding hydrogens is 677 g/mol. The molecule has 2 nitrogen and oxygen atoms in total. The maximum atomic E-state index is 4.23. The lowest BCUT2D eigenvalue weighted by molar-refractivity contribution is 1.33. The van der Waals surface area contributed by atoms with E-state index in [4.69, 9.17) is 0 Å². The summed E-state index contributed by atoms with van der Waals surface area (Å²) in [6.45, 7) is 4.26. The molecule has 0 aliphatic carbocycles. The van der Waals surface area contributed by atoms with Crippen molar-refractivity contribution in [3.05, 3.63) is 218 Å². The maximum absolute atomic E-state index is 4.23. The highest BCUT2D eigenvalue weighted by Crippen LogP contribution is 2.43. The van der Waals surface area contributed by atoms with Crippen LogP contribution in [0.15, 0.2) is 207 Å². The Balaban J connectivity index is 1.22. The van der Waals surface area contributed by atoms with E-state index in [1.54, 1.807) is 0 Å². The third-order valence-electron chi connectivity index (χ3n) is 10.7. The SMILES string of the molecule is Cc1ccc(-c2ccc(-c3cc(-c4ccc(-c5ccc(C)cc5)cc4)c(-c4ccc(-c5ccncc5)cc4)cc3-c3ccc(-c4ccncc4)cc3)cc2)cc1. The molecule has 0 aliphatic rings. The minimum Gasteiger partial charge on any atom is -0.265 e. The van der Waals surface area contributed by atoms with Crippen molar-refractivity contribution in [2.75, 3.05) is 0 Å². The Morgan fingerprint density at radius 3 is 0.625 bits per heavy atom. The maximum Gasteiger partial charge on any atom is 0.0273 e. The summed E-state index contributed by atoms with van der Waals surface area (Å²) >= 11 is 0. The third-order valence-corrected chi connectivity index (χ3v) is 10.7. The zero-order valence-corrected chi connectivity index (χ0v) is 31.5. The number of nitrogens with zero attached hydrogens (tertiary/aromatic N) is 2. The highest BCUT2D eigenvalue weighted by atomic mass is 14.6. The molecule has 0 amide bonds. The Hall–Kier alpha value is -7.16. The van der Waals surface area contributed by atoms with E-state index in [0.29, 0.717) is 0 Å². The summed E-state index contributed by atoms with van der Waals surface area (Å²) in [6.07, 6.45) is 7.39. The van der Waals surface area contributed by atoms with Crippen molar-refractivity contribution in [3.8, 4) is 89.0 Å². The summed E-state index contributed by atoms with van der Waals surface area (Å²) in [7, 11) is 0. The molecule has 7 aromatic carbocycles. The van der Waals surface area contributed by atoms with Gasteiger partial charge in [0.05, 0.1) is 0 Å². The van der Waals surface area contributed by atoms with Crippen molar-refractivity contribution in [3.63, 3.8) is 0 Å². The monoisotopic (exact) mass is 716 g/mol. The first-order valence-electron chi connectivity index (χ1n) is 19.1. The first kappa shape index (κ1) is 34.6. The fraction of sp³-hybridized carbons (Fsp3) is 0.0370. The van der Waals surface area contributed by atoms with Crippen LogP contribution in [0.4, 0.5) is 0 Å². The lowest BCUT2D eigenvalue weighted by atomic mass is 9.84. The van der Waals surface area contributed by atoms with E-state index in [1.807, 2.05) is 24.8 Å².